The SMILES string of the molecule is Cc1c(CO)ccc(C(=O)O)c1C. The molecule has 1 aromatic rings. The largest absolute Gasteiger partial charge is 0.478 e. The summed E-state index contributed by atoms with van der Waals surface area (Å²) in [5, 5.41) is 17.7. The van der Waals surface area contributed by atoms with E-state index in [0.29, 0.717) is 5.56 Å². The highest BCUT2D eigenvalue weighted by molar-refractivity contribution is 5.89. The number of hydrogen-bond acceptors (Lipinski definition) is 2. The quantitative estimate of drug-likeness (QED) is 0.725. The monoisotopic (exact) mass is 180 g/mol. The van der Waals surface area contributed by atoms with Gasteiger partial charge in [-0.15, -0.1) is 0 Å². The third-order valence-corrected chi connectivity index (χ3v) is 2.30. The molecular weight excluding hydrogens is 168 g/mol. The summed E-state index contributed by atoms with van der Waals surface area (Å²) in [6, 6.07) is 3.17. The van der Waals surface area contributed by atoms with Gasteiger partial charge in [-0.2, -0.15) is 0 Å². The molecule has 0 spiro atoms. The first kappa shape index (κ1) is 9.74. The van der Waals surface area contributed by atoms with Gasteiger partial charge >= 0.3 is 5.97 Å². The Morgan fingerprint density at radius 1 is 1.31 bits per heavy atom. The number of carboxylic acids is 1. The molecule has 0 radical (unpaired) electrons. The van der Waals surface area contributed by atoms with Crippen LogP contribution >= 0.6 is 0 Å². The lowest BCUT2D eigenvalue weighted by atomic mass is 9.98. The number of carbonyl (C=O) groups is 1. The molecule has 0 saturated heterocycles. The molecule has 0 unspecified atom stereocenters. The molecule has 0 bridgehead atoms. The zero-order valence-corrected chi connectivity index (χ0v) is 7.66. The van der Waals surface area contributed by atoms with Crippen molar-refractivity contribution >= 4 is 5.97 Å². The zero-order chi connectivity index (χ0) is 10.0. The van der Waals surface area contributed by atoms with Crippen LogP contribution in [0.2, 0.25) is 0 Å². The topological polar surface area (TPSA) is 57.5 Å². The predicted octanol–water partition coefficient (Wildman–Crippen LogP) is 1.49. The van der Waals surface area contributed by atoms with Crippen LogP contribution in [-0.4, -0.2) is 16.2 Å². The molecule has 0 aliphatic heterocycles. The van der Waals surface area contributed by atoms with Crippen LogP contribution in [0.5, 0.6) is 0 Å². The van der Waals surface area contributed by atoms with E-state index in [1.165, 1.54) is 6.07 Å². The number of aromatic carboxylic acids is 1. The van der Waals surface area contributed by atoms with E-state index in [2.05, 4.69) is 0 Å². The van der Waals surface area contributed by atoms with Crippen molar-refractivity contribution in [1.29, 1.82) is 0 Å². The molecule has 0 aromatic heterocycles. The van der Waals surface area contributed by atoms with E-state index in [1.54, 1.807) is 13.0 Å². The van der Waals surface area contributed by atoms with Gasteiger partial charge in [0, 0.05) is 0 Å². The fourth-order valence-electron chi connectivity index (χ4n) is 1.28. The Morgan fingerprint density at radius 3 is 2.38 bits per heavy atom. The molecule has 1 rings (SSSR count). The molecule has 0 atom stereocenters. The molecule has 3 heteroatoms. The van der Waals surface area contributed by atoms with Crippen LogP contribution in [0, 0.1) is 13.8 Å². The van der Waals surface area contributed by atoms with Gasteiger partial charge in [0.25, 0.3) is 0 Å². The molecule has 0 aliphatic rings. The summed E-state index contributed by atoms with van der Waals surface area (Å²) < 4.78 is 0. The maximum Gasteiger partial charge on any atom is 0.335 e. The lowest BCUT2D eigenvalue weighted by Gasteiger charge is -2.08. The Labute approximate surface area is 76.6 Å². The van der Waals surface area contributed by atoms with Gasteiger partial charge in [0.15, 0.2) is 0 Å². The number of rotatable bonds is 2. The Morgan fingerprint density at radius 2 is 1.92 bits per heavy atom. The van der Waals surface area contributed by atoms with Crippen LogP contribution in [-0.2, 0) is 6.61 Å². The summed E-state index contributed by atoms with van der Waals surface area (Å²) in [4.78, 5) is 10.7. The summed E-state index contributed by atoms with van der Waals surface area (Å²) in [6.07, 6.45) is 0. The summed E-state index contributed by atoms with van der Waals surface area (Å²) in [5.41, 5.74) is 2.65. The van der Waals surface area contributed by atoms with Crippen LogP contribution in [0.15, 0.2) is 12.1 Å². The first-order chi connectivity index (χ1) is 6.07. The van der Waals surface area contributed by atoms with Crippen molar-refractivity contribution in [3.63, 3.8) is 0 Å². The molecule has 0 fully saturated rings. The van der Waals surface area contributed by atoms with Crippen LogP contribution in [0.1, 0.15) is 27.0 Å². The van der Waals surface area contributed by atoms with Gasteiger partial charge in [0.2, 0.25) is 0 Å². The van der Waals surface area contributed by atoms with Crippen LogP contribution in [0.25, 0.3) is 0 Å². The molecule has 70 valence electrons. The van der Waals surface area contributed by atoms with Crippen molar-refractivity contribution in [1.82, 2.24) is 0 Å². The second kappa shape index (κ2) is 3.58. The van der Waals surface area contributed by atoms with E-state index in [-0.39, 0.29) is 6.61 Å². The third-order valence-electron chi connectivity index (χ3n) is 2.30. The predicted molar refractivity (Wildman–Crippen MR) is 48.8 cm³/mol. The smallest absolute Gasteiger partial charge is 0.335 e. The standard InChI is InChI=1S/C10H12O3/c1-6-7(2)9(10(12)13)4-3-8(6)5-11/h3-4,11H,5H2,1-2H3,(H,12,13). The Balaban J connectivity index is 3.31. The minimum atomic E-state index is -0.926. The van der Waals surface area contributed by atoms with Crippen LogP contribution in [0.3, 0.4) is 0 Å². The van der Waals surface area contributed by atoms with E-state index in [1.807, 2.05) is 6.92 Å². The van der Waals surface area contributed by atoms with Crippen molar-refractivity contribution in [3.8, 4) is 0 Å². The second-order valence-corrected chi connectivity index (χ2v) is 2.99. The maximum atomic E-state index is 10.7. The molecule has 2 N–H and O–H groups in total. The normalized spacial score (nSPS) is 10.1. The number of aliphatic hydroxyl groups excluding tert-OH is 1. The van der Waals surface area contributed by atoms with Crippen LogP contribution < -0.4 is 0 Å². The van der Waals surface area contributed by atoms with Gasteiger partial charge in [-0.1, -0.05) is 6.07 Å². The number of aliphatic hydroxyl groups is 1. The van der Waals surface area contributed by atoms with Crippen molar-refractivity contribution in [2.24, 2.45) is 0 Å². The van der Waals surface area contributed by atoms with Gasteiger partial charge in [0.05, 0.1) is 12.2 Å². The summed E-state index contributed by atoms with van der Waals surface area (Å²) in [6.45, 7) is 3.51. The molecule has 0 aliphatic carbocycles. The molecule has 13 heavy (non-hydrogen) atoms. The zero-order valence-electron chi connectivity index (χ0n) is 7.66. The van der Waals surface area contributed by atoms with Crippen LogP contribution in [0.4, 0.5) is 0 Å². The summed E-state index contributed by atoms with van der Waals surface area (Å²) in [5.74, 6) is -0.926. The molecule has 0 amide bonds. The van der Waals surface area contributed by atoms with Gasteiger partial charge in [-0.05, 0) is 36.6 Å². The van der Waals surface area contributed by atoms with Crippen molar-refractivity contribution in [3.05, 3.63) is 34.4 Å². The van der Waals surface area contributed by atoms with Crippen molar-refractivity contribution in [2.45, 2.75) is 20.5 Å². The van der Waals surface area contributed by atoms with Gasteiger partial charge in [-0.3, -0.25) is 0 Å². The van der Waals surface area contributed by atoms with Gasteiger partial charge in [-0.25, -0.2) is 4.79 Å². The van der Waals surface area contributed by atoms with Crippen molar-refractivity contribution in [2.75, 3.05) is 0 Å². The van der Waals surface area contributed by atoms with Gasteiger partial charge < -0.3 is 10.2 Å². The fraction of sp³-hybridized carbons (Fsp3) is 0.300. The molecule has 1 aromatic carbocycles. The third kappa shape index (κ3) is 1.70. The lowest BCUT2D eigenvalue weighted by Crippen LogP contribution is -2.03. The van der Waals surface area contributed by atoms with E-state index < -0.39 is 5.97 Å². The lowest BCUT2D eigenvalue weighted by molar-refractivity contribution is 0.0696. The number of hydrogen-bond donors (Lipinski definition) is 2. The average molecular weight is 180 g/mol. The van der Waals surface area contributed by atoms with E-state index >= 15 is 0 Å². The second-order valence-electron chi connectivity index (χ2n) is 2.99. The minimum Gasteiger partial charge on any atom is -0.478 e. The van der Waals surface area contributed by atoms with E-state index in [4.69, 9.17) is 10.2 Å². The fourth-order valence-corrected chi connectivity index (χ4v) is 1.28. The highest BCUT2D eigenvalue weighted by Gasteiger charge is 2.10. The van der Waals surface area contributed by atoms with E-state index in [0.717, 1.165) is 16.7 Å². The first-order valence-electron chi connectivity index (χ1n) is 4.01. The van der Waals surface area contributed by atoms with E-state index in [9.17, 15) is 4.79 Å². The Hall–Kier alpha value is -1.35. The van der Waals surface area contributed by atoms with Crippen molar-refractivity contribution < 1.29 is 15.0 Å². The molecule has 3 nitrogen and oxygen atoms in total. The Bertz CT molecular complexity index is 342. The molecule has 0 saturated carbocycles. The summed E-state index contributed by atoms with van der Waals surface area (Å²) in [7, 11) is 0. The number of carboxylic acid groups (broad SMARTS) is 1. The number of benzene rings is 1. The molecule has 0 heterocycles. The van der Waals surface area contributed by atoms with Gasteiger partial charge in [0.1, 0.15) is 0 Å². The average Bonchev–Trinajstić information content (AvgIpc) is 2.09. The first-order valence-corrected chi connectivity index (χ1v) is 4.01. The highest BCUT2D eigenvalue weighted by atomic mass is 16.4. The summed E-state index contributed by atoms with van der Waals surface area (Å²) >= 11 is 0. The molecular formula is C10H12O3. The Kier molecular flexibility index (Phi) is 2.68. The highest BCUT2D eigenvalue weighted by Crippen LogP contribution is 2.17. The minimum absolute atomic E-state index is 0.0490. The maximum absolute atomic E-state index is 10.7.